The maximum absolute atomic E-state index is 12.2. The minimum absolute atomic E-state index is 0. The molecular weight excluding hydrogens is 370 g/mol. The molecule has 0 aliphatic heterocycles. The average Bonchev–Trinajstić information content (AvgIpc) is 2.53. The topological polar surface area (TPSA) is 101 Å². The van der Waals surface area contributed by atoms with Gasteiger partial charge < -0.3 is 11.1 Å². The van der Waals surface area contributed by atoms with E-state index in [2.05, 4.69) is 10.0 Å². The first-order valence-electron chi connectivity index (χ1n) is 7.55. The van der Waals surface area contributed by atoms with Gasteiger partial charge in [-0.1, -0.05) is 19.4 Å². The van der Waals surface area contributed by atoms with E-state index in [0.29, 0.717) is 18.7 Å². The van der Waals surface area contributed by atoms with E-state index in [4.69, 9.17) is 5.73 Å². The Hall–Kier alpha value is -0.800. The lowest BCUT2D eigenvalue weighted by Gasteiger charge is -2.13. The number of hydrogen-bond donors (Lipinski definition) is 3. The maximum Gasteiger partial charge on any atom is 0.241 e. The number of unbranched alkanes of at least 4 members (excludes halogenated alkanes) is 1. The van der Waals surface area contributed by atoms with Crippen LogP contribution in [-0.4, -0.2) is 38.9 Å². The van der Waals surface area contributed by atoms with Gasteiger partial charge in [0.15, 0.2) is 0 Å². The van der Waals surface area contributed by atoms with Gasteiger partial charge in [0.1, 0.15) is 0 Å². The molecule has 6 nitrogen and oxygen atoms in total. The fourth-order valence-electron chi connectivity index (χ4n) is 1.82. The number of hydrogen-bond acceptors (Lipinski definition) is 5. The molecule has 0 fully saturated rings. The molecule has 4 N–H and O–H groups in total. The van der Waals surface area contributed by atoms with E-state index < -0.39 is 16.1 Å². The van der Waals surface area contributed by atoms with E-state index >= 15 is 0 Å². The molecule has 0 heterocycles. The highest BCUT2D eigenvalue weighted by Crippen LogP contribution is 2.16. The van der Waals surface area contributed by atoms with E-state index in [9.17, 15) is 13.2 Å². The lowest BCUT2D eigenvalue weighted by molar-refractivity contribution is -0.117. The van der Waals surface area contributed by atoms with Gasteiger partial charge >= 0.3 is 0 Å². The van der Waals surface area contributed by atoms with E-state index in [1.807, 2.05) is 13.2 Å². The van der Waals surface area contributed by atoms with Crippen molar-refractivity contribution in [1.29, 1.82) is 0 Å². The molecule has 1 aromatic carbocycles. The van der Waals surface area contributed by atoms with Gasteiger partial charge in [0, 0.05) is 12.2 Å². The molecule has 1 atom stereocenters. The average molecular weight is 396 g/mol. The number of amides is 1. The largest absolute Gasteiger partial charge is 0.325 e. The molecule has 9 heteroatoms. The summed E-state index contributed by atoms with van der Waals surface area (Å²) in [7, 11) is -3.56. The summed E-state index contributed by atoms with van der Waals surface area (Å²) in [5.74, 6) is 0.484. The van der Waals surface area contributed by atoms with Crippen molar-refractivity contribution in [3.8, 4) is 0 Å². The van der Waals surface area contributed by atoms with E-state index in [0.717, 1.165) is 18.6 Å². The Kier molecular flexibility index (Phi) is 11.3. The Morgan fingerprint density at radius 1 is 1.38 bits per heavy atom. The molecule has 0 aliphatic rings. The summed E-state index contributed by atoms with van der Waals surface area (Å²) in [5.41, 5.74) is 6.22. The lowest BCUT2D eigenvalue weighted by atomic mass is 10.2. The Morgan fingerprint density at radius 2 is 2.08 bits per heavy atom. The third-order valence-corrected chi connectivity index (χ3v) is 5.31. The van der Waals surface area contributed by atoms with Crippen LogP contribution < -0.4 is 15.8 Å². The van der Waals surface area contributed by atoms with Crippen molar-refractivity contribution in [3.05, 3.63) is 24.3 Å². The van der Waals surface area contributed by atoms with Gasteiger partial charge in [-0.15, -0.1) is 12.4 Å². The summed E-state index contributed by atoms with van der Waals surface area (Å²) in [6.45, 7) is 2.39. The SMILES string of the molecule is CCCCNS(=O)(=O)c1cccc(NC(=O)C(N)CCSC)c1.Cl. The molecule has 24 heavy (non-hydrogen) atoms. The van der Waals surface area contributed by atoms with Crippen LogP contribution in [0, 0.1) is 0 Å². The van der Waals surface area contributed by atoms with Crippen LogP contribution in [0.2, 0.25) is 0 Å². The number of nitrogens with one attached hydrogen (secondary N) is 2. The van der Waals surface area contributed by atoms with Gasteiger partial charge in [-0.2, -0.15) is 11.8 Å². The summed E-state index contributed by atoms with van der Waals surface area (Å²) in [4.78, 5) is 12.1. The number of carbonyl (C=O) groups is 1. The maximum atomic E-state index is 12.2. The highest BCUT2D eigenvalue weighted by atomic mass is 35.5. The monoisotopic (exact) mass is 395 g/mol. The van der Waals surface area contributed by atoms with Gasteiger partial charge in [0.05, 0.1) is 10.9 Å². The van der Waals surface area contributed by atoms with Crippen LogP contribution in [0.1, 0.15) is 26.2 Å². The summed E-state index contributed by atoms with van der Waals surface area (Å²) < 4.78 is 26.9. The molecule has 1 unspecified atom stereocenters. The standard InChI is InChI=1S/C15H25N3O3S2.ClH/c1-3-4-9-17-23(20,21)13-7-5-6-12(11-13)18-15(19)14(16)8-10-22-2;/h5-7,11,14,17H,3-4,8-10,16H2,1-2H3,(H,18,19);1H. The van der Waals surface area contributed by atoms with Crippen molar-refractivity contribution in [3.63, 3.8) is 0 Å². The summed E-state index contributed by atoms with van der Waals surface area (Å²) in [6, 6.07) is 5.57. The molecule has 0 radical (unpaired) electrons. The van der Waals surface area contributed by atoms with Crippen LogP contribution in [-0.2, 0) is 14.8 Å². The predicted molar refractivity (Wildman–Crippen MR) is 103 cm³/mol. The Bertz CT molecular complexity index is 612. The Morgan fingerprint density at radius 3 is 2.71 bits per heavy atom. The molecule has 0 bridgehead atoms. The number of sulfonamides is 1. The van der Waals surface area contributed by atoms with Crippen LogP contribution in [0.15, 0.2) is 29.2 Å². The third kappa shape index (κ3) is 7.85. The molecule has 0 aliphatic carbocycles. The molecule has 0 aromatic heterocycles. The van der Waals surface area contributed by atoms with Crippen molar-refractivity contribution < 1.29 is 13.2 Å². The van der Waals surface area contributed by atoms with Crippen LogP contribution in [0.25, 0.3) is 0 Å². The summed E-state index contributed by atoms with van der Waals surface area (Å²) in [6.07, 6.45) is 4.21. The number of anilines is 1. The van der Waals surface area contributed by atoms with Crippen LogP contribution >= 0.6 is 24.2 Å². The molecule has 1 amide bonds. The van der Waals surface area contributed by atoms with Crippen LogP contribution in [0.5, 0.6) is 0 Å². The summed E-state index contributed by atoms with van der Waals surface area (Å²) >= 11 is 1.62. The van der Waals surface area contributed by atoms with Crippen molar-refractivity contribution in [2.75, 3.05) is 23.9 Å². The van der Waals surface area contributed by atoms with E-state index in [-0.39, 0.29) is 23.2 Å². The predicted octanol–water partition coefficient (Wildman–Crippen LogP) is 2.21. The second-order valence-corrected chi connectivity index (χ2v) is 7.91. The van der Waals surface area contributed by atoms with Crippen molar-refractivity contribution in [2.24, 2.45) is 5.73 Å². The number of halogens is 1. The second-order valence-electron chi connectivity index (χ2n) is 5.16. The fraction of sp³-hybridized carbons (Fsp3) is 0.533. The van der Waals surface area contributed by atoms with Crippen molar-refractivity contribution >= 4 is 45.8 Å². The first kappa shape index (κ1) is 23.2. The quantitative estimate of drug-likeness (QED) is 0.527. The molecule has 1 rings (SSSR count). The molecule has 1 aromatic rings. The van der Waals surface area contributed by atoms with Gasteiger partial charge in [-0.25, -0.2) is 13.1 Å². The first-order chi connectivity index (χ1) is 10.9. The number of rotatable bonds is 10. The zero-order chi connectivity index (χ0) is 17.3. The normalized spacial score (nSPS) is 12.3. The number of carbonyl (C=O) groups excluding carboxylic acids is 1. The van der Waals surface area contributed by atoms with Gasteiger partial charge in [-0.3, -0.25) is 4.79 Å². The minimum atomic E-state index is -3.56. The first-order valence-corrected chi connectivity index (χ1v) is 10.4. The molecule has 0 spiro atoms. The van der Waals surface area contributed by atoms with Crippen LogP contribution in [0.4, 0.5) is 5.69 Å². The van der Waals surface area contributed by atoms with Gasteiger partial charge in [0.25, 0.3) is 0 Å². The fourth-order valence-corrected chi connectivity index (χ4v) is 3.43. The van der Waals surface area contributed by atoms with E-state index in [1.165, 1.54) is 12.1 Å². The third-order valence-electron chi connectivity index (χ3n) is 3.20. The van der Waals surface area contributed by atoms with Gasteiger partial charge in [0.2, 0.25) is 15.9 Å². The highest BCUT2D eigenvalue weighted by molar-refractivity contribution is 7.98. The van der Waals surface area contributed by atoms with E-state index in [1.54, 1.807) is 23.9 Å². The number of benzene rings is 1. The van der Waals surface area contributed by atoms with Crippen molar-refractivity contribution in [1.82, 2.24) is 4.72 Å². The van der Waals surface area contributed by atoms with Crippen molar-refractivity contribution in [2.45, 2.75) is 37.1 Å². The molecule has 138 valence electrons. The molecule has 0 saturated carbocycles. The second kappa shape index (κ2) is 11.7. The number of nitrogens with two attached hydrogens (primary N) is 1. The summed E-state index contributed by atoms with van der Waals surface area (Å²) in [5, 5.41) is 2.66. The smallest absolute Gasteiger partial charge is 0.241 e. The zero-order valence-corrected chi connectivity index (χ0v) is 16.4. The Labute approximate surface area is 154 Å². The lowest BCUT2D eigenvalue weighted by Crippen LogP contribution is -2.36. The molecular formula is C15H26ClN3O3S2. The molecule has 0 saturated heterocycles. The van der Waals surface area contributed by atoms with Gasteiger partial charge in [-0.05, 0) is 43.0 Å². The number of thioether (sulfide) groups is 1. The Balaban J connectivity index is 0.00000529. The minimum Gasteiger partial charge on any atom is -0.325 e. The highest BCUT2D eigenvalue weighted by Gasteiger charge is 2.16. The zero-order valence-electron chi connectivity index (χ0n) is 13.9. The van der Waals surface area contributed by atoms with Crippen LogP contribution in [0.3, 0.4) is 0 Å².